The van der Waals surface area contributed by atoms with Crippen molar-refractivity contribution in [1.82, 2.24) is 0 Å². The van der Waals surface area contributed by atoms with E-state index in [0.29, 0.717) is 6.92 Å². The largest absolute Gasteiger partial charge is 0.422 e. The van der Waals surface area contributed by atoms with Crippen LogP contribution in [0.15, 0.2) is 24.3 Å². The van der Waals surface area contributed by atoms with Crippen LogP contribution in [0.4, 0.5) is 0 Å². The molecule has 2 atom stereocenters. The second-order valence-electron chi connectivity index (χ2n) is 5.90. The standard InChI is InChI=1S/C11H20O7P2Si/c1-11(12,19(13,14)15)20(16,17)18-9-6-5-7-10(8-9)21(2,3)4/h5-8,12H,1-4H3,(H,16,17)(H2,13,14,15). The highest BCUT2D eigenvalue weighted by atomic mass is 31.2. The average molecular weight is 354 g/mol. The summed E-state index contributed by atoms with van der Waals surface area (Å²) in [5, 5.41) is 7.45. The van der Waals surface area contributed by atoms with Crippen LogP contribution in [0.25, 0.3) is 0 Å². The van der Waals surface area contributed by atoms with Gasteiger partial charge >= 0.3 is 15.2 Å². The highest BCUT2D eigenvalue weighted by Crippen LogP contribution is 2.69. The van der Waals surface area contributed by atoms with Crippen molar-refractivity contribution in [1.29, 1.82) is 0 Å². The minimum Gasteiger partial charge on any atom is -0.422 e. The Hall–Kier alpha value is -0.463. The molecule has 2 unspecified atom stereocenters. The van der Waals surface area contributed by atoms with Crippen molar-refractivity contribution < 1.29 is 33.4 Å². The van der Waals surface area contributed by atoms with E-state index in [1.54, 1.807) is 12.1 Å². The molecule has 0 saturated carbocycles. The van der Waals surface area contributed by atoms with Gasteiger partial charge in [-0.05, 0) is 19.1 Å². The lowest BCUT2D eigenvalue weighted by molar-refractivity contribution is 0.148. The van der Waals surface area contributed by atoms with Gasteiger partial charge in [-0.1, -0.05) is 37.0 Å². The summed E-state index contributed by atoms with van der Waals surface area (Å²) >= 11 is 0. The minimum absolute atomic E-state index is 0.0190. The second-order valence-corrected chi connectivity index (χ2v) is 15.4. The van der Waals surface area contributed by atoms with Gasteiger partial charge in [-0.2, -0.15) is 0 Å². The SMILES string of the molecule is CC(O)(P(=O)(O)O)P(=O)(O)Oc1cccc([Si](C)(C)C)c1. The lowest BCUT2D eigenvalue weighted by Crippen LogP contribution is -2.37. The molecular formula is C11H20O7P2Si. The molecule has 0 heterocycles. The molecule has 1 rings (SSSR count). The topological polar surface area (TPSA) is 124 Å². The summed E-state index contributed by atoms with van der Waals surface area (Å²) in [7, 11) is -11.9. The van der Waals surface area contributed by atoms with Gasteiger partial charge < -0.3 is 24.3 Å². The number of benzene rings is 1. The summed E-state index contributed by atoms with van der Waals surface area (Å²) < 4.78 is 28.0. The molecule has 120 valence electrons. The first-order chi connectivity index (χ1) is 9.18. The lowest BCUT2D eigenvalue weighted by Gasteiger charge is -2.28. The second kappa shape index (κ2) is 5.63. The fourth-order valence-electron chi connectivity index (χ4n) is 1.41. The fraction of sp³-hybridized carbons (Fsp3) is 0.455. The molecule has 21 heavy (non-hydrogen) atoms. The first-order valence-corrected chi connectivity index (χ1v) is 12.8. The van der Waals surface area contributed by atoms with Gasteiger partial charge in [0.15, 0.2) is 0 Å². The molecule has 0 saturated heterocycles. The molecule has 0 aromatic heterocycles. The molecule has 1 aromatic rings. The van der Waals surface area contributed by atoms with Gasteiger partial charge in [0.05, 0.1) is 8.07 Å². The maximum atomic E-state index is 12.0. The Bertz CT molecular complexity index is 617. The van der Waals surface area contributed by atoms with Crippen LogP contribution < -0.4 is 9.71 Å². The predicted molar refractivity (Wildman–Crippen MR) is 82.5 cm³/mol. The molecule has 0 bridgehead atoms. The van der Waals surface area contributed by atoms with E-state index in [1.807, 2.05) is 6.07 Å². The van der Waals surface area contributed by atoms with Crippen molar-refractivity contribution in [2.75, 3.05) is 0 Å². The first kappa shape index (κ1) is 18.6. The Morgan fingerprint density at radius 2 is 1.67 bits per heavy atom. The molecule has 7 nitrogen and oxygen atoms in total. The normalized spacial score (nSPS) is 18.7. The van der Waals surface area contributed by atoms with E-state index in [9.17, 15) is 19.1 Å². The smallest absolute Gasteiger partial charge is 0.420 e. The fourth-order valence-corrected chi connectivity index (χ4v) is 4.60. The molecular weight excluding hydrogens is 334 g/mol. The van der Waals surface area contributed by atoms with Crippen molar-refractivity contribution in [2.24, 2.45) is 0 Å². The summed E-state index contributed by atoms with van der Waals surface area (Å²) in [6.45, 7) is 6.78. The van der Waals surface area contributed by atoms with Crippen LogP contribution in [-0.2, 0) is 9.13 Å². The summed E-state index contributed by atoms with van der Waals surface area (Å²) in [6, 6.07) is 6.41. The van der Waals surface area contributed by atoms with Gasteiger partial charge in [0.1, 0.15) is 5.75 Å². The van der Waals surface area contributed by atoms with Gasteiger partial charge in [0.2, 0.25) is 0 Å². The number of hydrogen-bond donors (Lipinski definition) is 4. The molecule has 1 aromatic carbocycles. The summed E-state index contributed by atoms with van der Waals surface area (Å²) in [5.74, 6) is -0.0190. The van der Waals surface area contributed by atoms with Crippen molar-refractivity contribution in [3.8, 4) is 5.75 Å². The lowest BCUT2D eigenvalue weighted by atomic mass is 10.3. The van der Waals surface area contributed by atoms with E-state index < -0.39 is 28.3 Å². The maximum Gasteiger partial charge on any atom is 0.420 e. The van der Waals surface area contributed by atoms with E-state index in [-0.39, 0.29) is 5.75 Å². The summed E-state index contributed by atoms with van der Waals surface area (Å²) in [6.07, 6.45) is 0. The molecule has 0 aliphatic heterocycles. The van der Waals surface area contributed by atoms with Crippen LogP contribution in [0.3, 0.4) is 0 Å². The van der Waals surface area contributed by atoms with Crippen LogP contribution in [-0.4, -0.2) is 32.9 Å². The van der Waals surface area contributed by atoms with E-state index >= 15 is 0 Å². The Kier molecular flexibility index (Phi) is 4.98. The predicted octanol–water partition coefficient (Wildman–Crippen LogP) is 1.64. The Morgan fingerprint density at radius 1 is 1.14 bits per heavy atom. The van der Waals surface area contributed by atoms with E-state index in [1.165, 1.54) is 6.07 Å². The van der Waals surface area contributed by atoms with Crippen molar-refractivity contribution in [3.05, 3.63) is 24.3 Å². The zero-order valence-electron chi connectivity index (χ0n) is 12.2. The molecule has 0 radical (unpaired) electrons. The third-order valence-corrected chi connectivity index (χ3v) is 9.23. The van der Waals surface area contributed by atoms with E-state index in [0.717, 1.165) is 5.19 Å². The van der Waals surface area contributed by atoms with Crippen LogP contribution in [0.5, 0.6) is 5.75 Å². The Labute approximate surface area is 124 Å². The number of hydrogen-bond acceptors (Lipinski definition) is 4. The molecule has 0 aliphatic carbocycles. The summed E-state index contributed by atoms with van der Waals surface area (Å²) in [4.78, 5) is 27.7. The molecule has 4 N–H and O–H groups in total. The van der Waals surface area contributed by atoms with Gasteiger partial charge in [-0.3, -0.25) is 4.57 Å². The maximum absolute atomic E-state index is 12.0. The monoisotopic (exact) mass is 354 g/mol. The van der Waals surface area contributed by atoms with Gasteiger partial charge in [-0.25, -0.2) is 4.57 Å². The zero-order valence-corrected chi connectivity index (χ0v) is 15.0. The quantitative estimate of drug-likeness (QED) is 0.468. The van der Waals surface area contributed by atoms with Gasteiger partial charge in [0, 0.05) is 0 Å². The van der Waals surface area contributed by atoms with E-state index in [2.05, 4.69) is 19.6 Å². The minimum atomic E-state index is -5.25. The molecule has 0 fully saturated rings. The van der Waals surface area contributed by atoms with Crippen molar-refractivity contribution in [3.63, 3.8) is 0 Å². The van der Waals surface area contributed by atoms with Gasteiger partial charge in [-0.15, -0.1) is 0 Å². The zero-order chi connectivity index (χ0) is 16.7. The summed E-state index contributed by atoms with van der Waals surface area (Å²) in [5.41, 5.74) is 0. The van der Waals surface area contributed by atoms with Gasteiger partial charge in [0.25, 0.3) is 5.08 Å². The molecule has 0 amide bonds. The number of aliphatic hydroxyl groups is 1. The Balaban J connectivity index is 3.17. The van der Waals surface area contributed by atoms with E-state index in [4.69, 9.17) is 14.3 Å². The third-order valence-electron chi connectivity index (χ3n) is 3.02. The molecule has 10 heteroatoms. The first-order valence-electron chi connectivity index (χ1n) is 6.09. The third kappa shape index (κ3) is 4.05. The number of rotatable bonds is 5. The van der Waals surface area contributed by atoms with Crippen LogP contribution in [0.1, 0.15) is 6.92 Å². The van der Waals surface area contributed by atoms with Crippen LogP contribution >= 0.6 is 15.2 Å². The van der Waals surface area contributed by atoms with Crippen molar-refractivity contribution >= 4 is 28.5 Å². The van der Waals surface area contributed by atoms with Crippen molar-refractivity contribution in [2.45, 2.75) is 31.6 Å². The Morgan fingerprint density at radius 3 is 2.10 bits per heavy atom. The molecule has 0 aliphatic rings. The average Bonchev–Trinajstić information content (AvgIpc) is 2.25. The highest BCUT2D eigenvalue weighted by molar-refractivity contribution is 7.72. The van der Waals surface area contributed by atoms with Crippen LogP contribution in [0.2, 0.25) is 19.6 Å². The molecule has 0 spiro atoms. The highest BCUT2D eigenvalue weighted by Gasteiger charge is 2.58. The van der Waals surface area contributed by atoms with Crippen LogP contribution in [0, 0.1) is 0 Å².